The van der Waals surface area contributed by atoms with Crippen LogP contribution in [0.1, 0.15) is 35.6 Å². The van der Waals surface area contributed by atoms with Gasteiger partial charge in [0.2, 0.25) is 0 Å². The highest BCUT2D eigenvalue weighted by atomic mass is 16.6. The number of rotatable bonds is 4. The molecule has 2 N–H and O–H groups in total. The van der Waals surface area contributed by atoms with Crippen LogP contribution in [0.15, 0.2) is 66.7 Å². The Balaban J connectivity index is 0.000000314. The van der Waals surface area contributed by atoms with E-state index in [4.69, 9.17) is 14.9 Å². The zero-order valence-electron chi connectivity index (χ0n) is 19.5. The number of carbonyl (C=O) groups excluding carboxylic acids is 1. The first-order chi connectivity index (χ1) is 16.9. The van der Waals surface area contributed by atoms with Crippen molar-refractivity contribution in [2.75, 3.05) is 26.2 Å². The largest absolute Gasteiger partial charge is 0.478 e. The van der Waals surface area contributed by atoms with Gasteiger partial charge in [-0.3, -0.25) is 9.80 Å². The van der Waals surface area contributed by atoms with E-state index in [1.165, 1.54) is 11.1 Å². The lowest BCUT2D eigenvalue weighted by Gasteiger charge is -2.45. The average Bonchev–Trinajstić information content (AvgIpc) is 2.88. The van der Waals surface area contributed by atoms with Crippen LogP contribution in [0.5, 0.6) is 0 Å². The monoisotopic (exact) mass is 478 g/mol. The van der Waals surface area contributed by atoms with E-state index in [-0.39, 0.29) is 18.2 Å². The lowest BCUT2D eigenvalue weighted by Crippen LogP contribution is -2.53. The summed E-state index contributed by atoms with van der Waals surface area (Å²) in [5, 5.41) is 15.6. The van der Waals surface area contributed by atoms with Crippen LogP contribution in [0.4, 0.5) is 4.79 Å². The van der Waals surface area contributed by atoms with Crippen LogP contribution in [-0.2, 0) is 20.7 Å². The smallest absolute Gasteiger partial charge is 0.410 e. The molecule has 4 heterocycles. The molecule has 4 aliphatic rings. The normalized spacial score (nSPS) is 24.7. The molecule has 4 aliphatic heterocycles. The number of ether oxygens (including phenoxy) is 1. The van der Waals surface area contributed by atoms with E-state index < -0.39 is 11.9 Å². The van der Waals surface area contributed by atoms with Crippen molar-refractivity contribution in [3.63, 3.8) is 0 Å². The molecular formula is C27H30N2O6. The number of carbonyl (C=O) groups is 3. The van der Waals surface area contributed by atoms with E-state index in [1.807, 2.05) is 23.1 Å². The predicted molar refractivity (Wildman–Crippen MR) is 129 cm³/mol. The summed E-state index contributed by atoms with van der Waals surface area (Å²) in [6.45, 7) is 3.91. The number of piperidine rings is 3. The van der Waals surface area contributed by atoms with E-state index in [1.54, 1.807) is 0 Å². The van der Waals surface area contributed by atoms with Gasteiger partial charge < -0.3 is 14.9 Å². The number of hydrogen-bond donors (Lipinski definition) is 2. The Hall–Kier alpha value is -3.65. The maximum absolute atomic E-state index is 13.2. The van der Waals surface area contributed by atoms with Crippen molar-refractivity contribution in [3.8, 4) is 0 Å². The maximum Gasteiger partial charge on any atom is 0.410 e. The van der Waals surface area contributed by atoms with Crippen LogP contribution in [0, 0.1) is 5.92 Å². The van der Waals surface area contributed by atoms with Gasteiger partial charge in [0.1, 0.15) is 6.10 Å². The van der Waals surface area contributed by atoms with Gasteiger partial charge in [0.25, 0.3) is 0 Å². The Labute approximate surface area is 204 Å². The van der Waals surface area contributed by atoms with Crippen molar-refractivity contribution in [2.24, 2.45) is 5.92 Å². The fourth-order valence-corrected chi connectivity index (χ4v) is 5.14. The molecule has 8 nitrogen and oxygen atoms in total. The number of aliphatic carboxylic acids is 2. The van der Waals surface area contributed by atoms with Crippen molar-refractivity contribution in [1.82, 2.24) is 9.80 Å². The summed E-state index contributed by atoms with van der Waals surface area (Å²) in [6.07, 6.45) is 4.20. The summed E-state index contributed by atoms with van der Waals surface area (Å²) < 4.78 is 6.08. The first-order valence-corrected chi connectivity index (χ1v) is 11.9. The molecule has 2 bridgehead atoms. The summed E-state index contributed by atoms with van der Waals surface area (Å²) in [6, 6.07) is 18.8. The maximum atomic E-state index is 13.2. The van der Waals surface area contributed by atoms with Crippen LogP contribution in [0.3, 0.4) is 0 Å². The fourth-order valence-electron chi connectivity index (χ4n) is 5.14. The Bertz CT molecular complexity index is 1060. The highest BCUT2D eigenvalue weighted by Crippen LogP contribution is 2.36. The summed E-state index contributed by atoms with van der Waals surface area (Å²) in [7, 11) is 0. The van der Waals surface area contributed by atoms with Gasteiger partial charge >= 0.3 is 18.0 Å². The number of carboxylic acids is 2. The van der Waals surface area contributed by atoms with Crippen molar-refractivity contribution in [1.29, 1.82) is 0 Å². The highest BCUT2D eigenvalue weighted by Gasteiger charge is 2.39. The van der Waals surface area contributed by atoms with Crippen molar-refractivity contribution in [3.05, 3.63) is 83.4 Å². The third-order valence-corrected chi connectivity index (χ3v) is 6.85. The Kier molecular flexibility index (Phi) is 7.82. The van der Waals surface area contributed by atoms with Gasteiger partial charge in [-0.15, -0.1) is 0 Å². The number of carboxylic acid groups (broad SMARTS) is 2. The van der Waals surface area contributed by atoms with Gasteiger partial charge in [-0.05, 0) is 55.0 Å². The Morgan fingerprint density at radius 2 is 1.49 bits per heavy atom. The van der Waals surface area contributed by atoms with Gasteiger partial charge in [0.15, 0.2) is 0 Å². The van der Waals surface area contributed by atoms with Crippen molar-refractivity contribution < 1.29 is 29.3 Å². The molecular weight excluding hydrogens is 448 g/mol. The van der Waals surface area contributed by atoms with Gasteiger partial charge in [-0.1, -0.05) is 54.6 Å². The van der Waals surface area contributed by atoms with Crippen LogP contribution in [-0.4, -0.2) is 70.3 Å². The second-order valence-electron chi connectivity index (χ2n) is 9.03. The lowest BCUT2D eigenvalue weighted by molar-refractivity contribution is -0.134. The minimum Gasteiger partial charge on any atom is -0.478 e. The third kappa shape index (κ3) is 6.08. The number of fused-ring (bicyclic) bond motifs is 4. The standard InChI is InChI=1S/C23H26N2O2.C4H4O4/c26-23(27-21-16-24-13-10-18(21)11-14-24)25-15-12-17-6-4-5-9-20(17)22(25)19-7-2-1-3-8-19;5-3(6)1-2-4(7)8/h1-9,18,21-22H,10-16H2;1-2H,(H,5,6)(H,7,8)/b;2-1-/t21-,22-;/m0./s1. The van der Waals surface area contributed by atoms with E-state index in [2.05, 4.69) is 41.3 Å². The number of amides is 1. The van der Waals surface area contributed by atoms with Crippen LogP contribution in [0.25, 0.3) is 0 Å². The third-order valence-electron chi connectivity index (χ3n) is 6.85. The zero-order chi connectivity index (χ0) is 24.8. The van der Waals surface area contributed by atoms with Crippen LogP contribution in [0.2, 0.25) is 0 Å². The lowest BCUT2D eigenvalue weighted by atomic mass is 9.86. The molecule has 0 aromatic heterocycles. The predicted octanol–water partition coefficient (Wildman–Crippen LogP) is 3.58. The summed E-state index contributed by atoms with van der Waals surface area (Å²) in [4.78, 5) is 36.7. The molecule has 8 heteroatoms. The van der Waals surface area contributed by atoms with Crippen molar-refractivity contribution in [2.45, 2.75) is 31.4 Å². The quantitative estimate of drug-likeness (QED) is 0.647. The Morgan fingerprint density at radius 1 is 0.857 bits per heavy atom. The summed E-state index contributed by atoms with van der Waals surface area (Å²) in [5.74, 6) is -1.98. The van der Waals surface area contributed by atoms with E-state index in [9.17, 15) is 14.4 Å². The topological polar surface area (TPSA) is 107 Å². The molecule has 35 heavy (non-hydrogen) atoms. The zero-order valence-corrected chi connectivity index (χ0v) is 19.5. The molecule has 0 saturated carbocycles. The molecule has 1 amide bonds. The summed E-state index contributed by atoms with van der Waals surface area (Å²) in [5.41, 5.74) is 3.70. The molecule has 3 fully saturated rings. The minimum atomic E-state index is -1.26. The molecule has 0 spiro atoms. The summed E-state index contributed by atoms with van der Waals surface area (Å²) >= 11 is 0. The molecule has 6 rings (SSSR count). The molecule has 2 aromatic carbocycles. The fraction of sp³-hybridized carbons (Fsp3) is 0.370. The van der Waals surface area contributed by atoms with E-state index in [0.29, 0.717) is 24.6 Å². The Morgan fingerprint density at radius 3 is 2.09 bits per heavy atom. The second kappa shape index (κ2) is 11.2. The van der Waals surface area contributed by atoms with Crippen LogP contribution < -0.4 is 0 Å². The first kappa shape index (κ1) is 24.5. The van der Waals surface area contributed by atoms with Gasteiger partial charge in [-0.25, -0.2) is 14.4 Å². The molecule has 2 atom stereocenters. The van der Waals surface area contributed by atoms with E-state index >= 15 is 0 Å². The number of nitrogens with zero attached hydrogens (tertiary/aromatic N) is 2. The average molecular weight is 479 g/mol. The minimum absolute atomic E-state index is 0.0496. The van der Waals surface area contributed by atoms with Gasteiger partial charge in [0.05, 0.1) is 6.04 Å². The van der Waals surface area contributed by atoms with Crippen LogP contribution >= 0.6 is 0 Å². The second-order valence-corrected chi connectivity index (χ2v) is 9.03. The van der Waals surface area contributed by atoms with Crippen molar-refractivity contribution >= 4 is 18.0 Å². The van der Waals surface area contributed by atoms with Gasteiger partial charge in [0, 0.05) is 25.2 Å². The molecule has 0 unspecified atom stereocenters. The number of hydrogen-bond acceptors (Lipinski definition) is 5. The first-order valence-electron chi connectivity index (χ1n) is 11.9. The number of benzene rings is 2. The van der Waals surface area contributed by atoms with E-state index in [0.717, 1.165) is 44.5 Å². The molecule has 2 aromatic rings. The molecule has 184 valence electrons. The highest BCUT2D eigenvalue weighted by molar-refractivity contribution is 5.89. The molecule has 3 saturated heterocycles. The molecule has 0 radical (unpaired) electrons. The molecule has 0 aliphatic carbocycles. The SMILES string of the molecule is O=C(O)/C=C\C(=O)O.O=C(O[C@H]1CN2CCC1CC2)N1CCc2ccccc2[C@@H]1c1ccccc1. The van der Waals surface area contributed by atoms with Gasteiger partial charge in [-0.2, -0.15) is 0 Å².